The Morgan fingerprint density at radius 2 is 1.83 bits per heavy atom. The van der Waals surface area contributed by atoms with E-state index in [4.69, 9.17) is 0 Å². The molecule has 2 aliphatic rings. The van der Waals surface area contributed by atoms with Crippen LogP contribution < -0.4 is 0 Å². The fraction of sp³-hybridized carbons (Fsp3) is 0.600. The van der Waals surface area contributed by atoms with Crippen molar-refractivity contribution >= 4 is 11.8 Å². The van der Waals surface area contributed by atoms with E-state index in [2.05, 4.69) is 21.3 Å². The molecular weight excluding hydrogens is 348 g/mol. The van der Waals surface area contributed by atoms with Crippen molar-refractivity contribution in [3.05, 3.63) is 45.7 Å². The van der Waals surface area contributed by atoms with Crippen LogP contribution in [0.15, 0.2) is 24.4 Å². The summed E-state index contributed by atoms with van der Waals surface area (Å²) in [6, 6.07) is -0.732. The van der Waals surface area contributed by atoms with Crippen molar-refractivity contribution in [3.63, 3.8) is 0 Å². The molecule has 2 heterocycles. The van der Waals surface area contributed by atoms with Crippen LogP contribution in [0.5, 0.6) is 0 Å². The van der Waals surface area contributed by atoms with Gasteiger partial charge in [-0.15, -0.1) is 19.6 Å². The van der Waals surface area contributed by atoms with Gasteiger partial charge in [-0.2, -0.15) is 6.20 Å². The van der Waals surface area contributed by atoms with Crippen LogP contribution in [0.4, 0.5) is 0 Å². The van der Waals surface area contributed by atoms with Crippen LogP contribution in [0.25, 0.3) is 21.3 Å². The summed E-state index contributed by atoms with van der Waals surface area (Å²) >= 11 is 0. The Balaban J connectivity index is 0.00000242. The molecule has 8 heteroatoms. The third kappa shape index (κ3) is 7.65. The summed E-state index contributed by atoms with van der Waals surface area (Å²) in [5, 5.41) is 16.2. The van der Waals surface area contributed by atoms with E-state index in [1.165, 1.54) is 0 Å². The van der Waals surface area contributed by atoms with Crippen LogP contribution >= 0.6 is 0 Å². The van der Waals surface area contributed by atoms with Gasteiger partial charge in [-0.25, -0.2) is 0 Å². The average Bonchev–Trinajstić information content (AvgIpc) is 2.55. The predicted octanol–water partition coefficient (Wildman–Crippen LogP) is 2.00. The third-order valence-electron chi connectivity index (χ3n) is 3.36. The second kappa shape index (κ2) is 12.1. The maximum Gasteiger partial charge on any atom is 0.0402 e. The van der Waals surface area contributed by atoms with Gasteiger partial charge in [0, 0.05) is 28.9 Å². The quantitative estimate of drug-likeness (QED) is 0.403. The van der Waals surface area contributed by atoms with Crippen LogP contribution in [-0.2, 0) is 32.1 Å². The van der Waals surface area contributed by atoms with E-state index in [1.807, 2.05) is 0 Å². The number of carbonyl (C=O) groups excluding carboxylic acids is 2. The van der Waals surface area contributed by atoms with Crippen molar-refractivity contribution in [2.45, 2.75) is 37.8 Å². The van der Waals surface area contributed by atoms with Crippen LogP contribution in [0.2, 0.25) is 0 Å². The summed E-state index contributed by atoms with van der Waals surface area (Å²) in [6.45, 7) is 1.54. The maximum atomic E-state index is 11.8. The minimum Gasteiger partial charge on any atom is -0.680 e. The molecule has 2 aliphatic heterocycles. The number of rotatable bonds is 6. The largest absolute Gasteiger partial charge is 0.680 e. The zero-order valence-electron chi connectivity index (χ0n) is 12.9. The van der Waals surface area contributed by atoms with Crippen molar-refractivity contribution in [2.24, 2.45) is 0 Å². The SMILES string of the molecule is O=C([N-]CCC[N-]C(=O)C1CCCC[N-]1)C1C=CC=C[N-]1.[Cu].[OH3+]. The van der Waals surface area contributed by atoms with Crippen LogP contribution in [-0.4, -0.2) is 43.5 Å². The molecule has 0 bridgehead atoms. The zero-order chi connectivity index (χ0) is 14.9. The van der Waals surface area contributed by atoms with E-state index in [0.29, 0.717) is 19.5 Å². The van der Waals surface area contributed by atoms with E-state index in [-0.39, 0.29) is 40.4 Å². The Morgan fingerprint density at radius 1 is 1.09 bits per heavy atom. The van der Waals surface area contributed by atoms with Crippen molar-refractivity contribution in [2.75, 3.05) is 19.6 Å². The molecular formula is C15H23CuN4O3-3. The number of hydrogen-bond donors (Lipinski definition) is 0. The molecule has 0 aromatic carbocycles. The van der Waals surface area contributed by atoms with Gasteiger partial charge in [0.05, 0.1) is 0 Å². The first-order valence-electron chi connectivity index (χ1n) is 7.40. The van der Waals surface area contributed by atoms with E-state index < -0.39 is 6.04 Å². The second-order valence-electron chi connectivity index (χ2n) is 5.03. The van der Waals surface area contributed by atoms with E-state index >= 15 is 0 Å². The summed E-state index contributed by atoms with van der Waals surface area (Å²) in [6.07, 6.45) is 10.4. The Bertz CT molecular complexity index is 423. The molecule has 0 aliphatic carbocycles. The van der Waals surface area contributed by atoms with E-state index in [1.54, 1.807) is 24.4 Å². The van der Waals surface area contributed by atoms with Crippen LogP contribution in [0.1, 0.15) is 25.7 Å². The van der Waals surface area contributed by atoms with Gasteiger partial charge in [0.1, 0.15) is 0 Å². The summed E-state index contributed by atoms with van der Waals surface area (Å²) in [7, 11) is 0. The number of piperidine rings is 1. The Hall–Kier alpha value is -1.34. The Morgan fingerprint density at radius 3 is 2.43 bits per heavy atom. The molecule has 0 saturated carbocycles. The number of hydrogen-bond acceptors (Lipinski definition) is 2. The molecule has 2 rings (SSSR count). The van der Waals surface area contributed by atoms with Gasteiger partial charge in [0.2, 0.25) is 0 Å². The topological polar surface area (TPSA) is 124 Å². The molecule has 0 aromatic rings. The monoisotopic (exact) mass is 370 g/mol. The number of amides is 2. The molecule has 1 fully saturated rings. The normalized spacial score (nSPS) is 22.1. The van der Waals surface area contributed by atoms with Gasteiger partial charge in [-0.1, -0.05) is 56.0 Å². The summed E-state index contributed by atoms with van der Waals surface area (Å²) in [5.74, 6) is -0.374. The number of allylic oxidation sites excluding steroid dienone is 2. The summed E-state index contributed by atoms with van der Waals surface area (Å²) < 4.78 is 0. The summed E-state index contributed by atoms with van der Waals surface area (Å²) in [4.78, 5) is 23.4. The molecule has 2 unspecified atom stereocenters. The fourth-order valence-corrected chi connectivity index (χ4v) is 2.19. The van der Waals surface area contributed by atoms with Crippen molar-refractivity contribution in [3.8, 4) is 0 Å². The summed E-state index contributed by atoms with van der Waals surface area (Å²) in [5.41, 5.74) is 0. The third-order valence-corrected chi connectivity index (χ3v) is 3.36. The maximum absolute atomic E-state index is 11.8. The molecule has 7 nitrogen and oxygen atoms in total. The molecule has 0 aromatic heterocycles. The van der Waals surface area contributed by atoms with Crippen molar-refractivity contribution in [1.82, 2.24) is 0 Å². The minimum absolute atomic E-state index is 0. The van der Waals surface area contributed by atoms with Crippen LogP contribution in [0, 0.1) is 0 Å². The number of nitrogens with zero attached hydrogens (tertiary/aromatic N) is 4. The molecule has 1 saturated heterocycles. The van der Waals surface area contributed by atoms with Crippen molar-refractivity contribution < 1.29 is 32.1 Å². The molecule has 2 atom stereocenters. The molecule has 0 spiro atoms. The second-order valence-corrected chi connectivity index (χ2v) is 5.03. The zero-order valence-corrected chi connectivity index (χ0v) is 13.8. The molecule has 2 amide bonds. The van der Waals surface area contributed by atoms with Gasteiger partial charge in [0.15, 0.2) is 0 Å². The van der Waals surface area contributed by atoms with Gasteiger partial charge < -0.3 is 36.3 Å². The van der Waals surface area contributed by atoms with E-state index in [9.17, 15) is 9.59 Å². The van der Waals surface area contributed by atoms with Gasteiger partial charge in [0.25, 0.3) is 0 Å². The van der Waals surface area contributed by atoms with Gasteiger partial charge in [-0.05, 0) is 0 Å². The van der Waals surface area contributed by atoms with Crippen LogP contribution in [0.3, 0.4) is 0 Å². The Labute approximate surface area is 147 Å². The molecule has 1 radical (unpaired) electrons. The number of carbonyl (C=O) groups is 2. The first kappa shape index (κ1) is 21.7. The standard InChI is InChI=1S/C15H22N4O2.Cu.H2O/c20-14(12-6-1-3-8-16-12)18-10-5-11-19-15(21)13-7-2-4-9-17-13;;/h1,3,6,8,12-13H,2,4-5,7,9-11H2,(H2,18,19,20,21);;1H2/q-2;;/p-1. The molecule has 3 N–H and O–H groups in total. The molecule has 23 heavy (non-hydrogen) atoms. The van der Waals surface area contributed by atoms with Gasteiger partial charge in [-0.3, -0.25) is 0 Å². The van der Waals surface area contributed by atoms with E-state index in [0.717, 1.165) is 25.8 Å². The first-order valence-corrected chi connectivity index (χ1v) is 7.40. The minimum atomic E-state index is -0.491. The smallest absolute Gasteiger partial charge is 0.0402 e. The average molecular weight is 371 g/mol. The Kier molecular flexibility index (Phi) is 11.4. The first-order chi connectivity index (χ1) is 10.3. The fourth-order valence-electron chi connectivity index (χ4n) is 2.19. The predicted molar refractivity (Wildman–Crippen MR) is 87.2 cm³/mol. The van der Waals surface area contributed by atoms with Gasteiger partial charge >= 0.3 is 0 Å². The van der Waals surface area contributed by atoms with Crippen molar-refractivity contribution in [1.29, 1.82) is 0 Å². The molecule has 135 valence electrons.